The summed E-state index contributed by atoms with van der Waals surface area (Å²) in [5, 5.41) is 2.28. The van der Waals surface area contributed by atoms with Gasteiger partial charge in [0.1, 0.15) is 5.75 Å². The summed E-state index contributed by atoms with van der Waals surface area (Å²) in [6, 6.07) is 6.07. The molecule has 0 aliphatic heterocycles. The monoisotopic (exact) mass is 299 g/mol. The van der Waals surface area contributed by atoms with Crippen molar-refractivity contribution in [2.75, 3.05) is 6.61 Å². The molecule has 2 nitrogen and oxygen atoms in total. The molecule has 0 saturated heterocycles. The second-order valence-electron chi connectivity index (χ2n) is 2.91. The Labute approximate surface area is 96.4 Å². The highest BCUT2D eigenvalue weighted by atomic mass is 127. The lowest BCUT2D eigenvalue weighted by molar-refractivity contribution is 0.344. The van der Waals surface area contributed by atoms with E-state index in [1.165, 1.54) is 5.39 Å². The number of benzene rings is 1. The molecule has 1 aromatic carbocycles. The molecule has 0 aliphatic rings. The van der Waals surface area contributed by atoms with Gasteiger partial charge in [-0.25, -0.2) is 0 Å². The van der Waals surface area contributed by atoms with Gasteiger partial charge in [-0.15, -0.1) is 0 Å². The number of aromatic nitrogens is 1. The Bertz CT molecular complexity index is 456. The first-order chi connectivity index (χ1) is 6.83. The highest BCUT2D eigenvalue weighted by molar-refractivity contribution is 14.1. The van der Waals surface area contributed by atoms with Gasteiger partial charge in [0.05, 0.1) is 6.61 Å². The van der Waals surface area contributed by atoms with Gasteiger partial charge in [0.15, 0.2) is 0 Å². The zero-order valence-electron chi connectivity index (χ0n) is 7.83. The Morgan fingerprint density at radius 3 is 2.93 bits per heavy atom. The highest BCUT2D eigenvalue weighted by Crippen LogP contribution is 2.27. The number of nitrogens with zero attached hydrogens (tertiary/aromatic N) is 1. The molecule has 1 heterocycles. The zero-order valence-corrected chi connectivity index (χ0v) is 9.98. The third-order valence-corrected chi connectivity index (χ3v) is 2.87. The molecule has 0 aliphatic carbocycles. The van der Waals surface area contributed by atoms with E-state index in [4.69, 9.17) is 4.74 Å². The van der Waals surface area contributed by atoms with Crippen molar-refractivity contribution in [3.05, 3.63) is 34.2 Å². The van der Waals surface area contributed by atoms with E-state index in [1.807, 2.05) is 31.5 Å². The largest absolute Gasteiger partial charge is 0.493 e. The van der Waals surface area contributed by atoms with Gasteiger partial charge in [-0.2, -0.15) is 0 Å². The zero-order chi connectivity index (χ0) is 9.97. The molecule has 2 rings (SSSR count). The van der Waals surface area contributed by atoms with Crippen LogP contribution in [-0.4, -0.2) is 11.6 Å². The molecule has 0 N–H and O–H groups in total. The average molecular weight is 299 g/mol. The first-order valence-corrected chi connectivity index (χ1v) is 5.56. The van der Waals surface area contributed by atoms with Gasteiger partial charge >= 0.3 is 0 Å². The lowest BCUT2D eigenvalue weighted by Gasteiger charge is -2.07. The summed E-state index contributed by atoms with van der Waals surface area (Å²) < 4.78 is 6.69. The summed E-state index contributed by atoms with van der Waals surface area (Å²) in [7, 11) is 0. The van der Waals surface area contributed by atoms with Crippen molar-refractivity contribution in [2.24, 2.45) is 0 Å². The molecule has 72 valence electrons. The minimum absolute atomic E-state index is 0.685. The van der Waals surface area contributed by atoms with Crippen LogP contribution in [0.4, 0.5) is 0 Å². The van der Waals surface area contributed by atoms with Crippen molar-refractivity contribution in [1.82, 2.24) is 4.98 Å². The van der Waals surface area contributed by atoms with Crippen LogP contribution >= 0.6 is 22.6 Å². The van der Waals surface area contributed by atoms with Crippen molar-refractivity contribution in [3.63, 3.8) is 0 Å². The molecule has 0 saturated carbocycles. The van der Waals surface area contributed by atoms with Gasteiger partial charge in [0.25, 0.3) is 0 Å². The average Bonchev–Trinajstić information content (AvgIpc) is 2.20. The number of ether oxygens (including phenoxy) is 1. The van der Waals surface area contributed by atoms with E-state index in [0.717, 1.165) is 14.7 Å². The fourth-order valence-corrected chi connectivity index (χ4v) is 2.04. The van der Waals surface area contributed by atoms with Crippen LogP contribution in [0.25, 0.3) is 10.8 Å². The van der Waals surface area contributed by atoms with Crippen LogP contribution in [0.2, 0.25) is 0 Å². The van der Waals surface area contributed by atoms with E-state index in [1.54, 1.807) is 0 Å². The van der Waals surface area contributed by atoms with Crippen LogP contribution in [0.5, 0.6) is 5.75 Å². The third kappa shape index (κ3) is 1.68. The minimum Gasteiger partial charge on any atom is -0.493 e. The lowest BCUT2D eigenvalue weighted by Crippen LogP contribution is -1.93. The van der Waals surface area contributed by atoms with E-state index >= 15 is 0 Å². The fraction of sp³-hybridized carbons (Fsp3) is 0.182. The van der Waals surface area contributed by atoms with Crippen molar-refractivity contribution >= 4 is 33.4 Å². The summed E-state index contributed by atoms with van der Waals surface area (Å²) >= 11 is 2.29. The van der Waals surface area contributed by atoms with Crippen molar-refractivity contribution in [2.45, 2.75) is 6.92 Å². The molecule has 0 spiro atoms. The second-order valence-corrected chi connectivity index (χ2v) is 4.07. The van der Waals surface area contributed by atoms with Gasteiger partial charge in [-0.3, -0.25) is 4.98 Å². The number of hydrogen-bond acceptors (Lipinski definition) is 2. The molecular formula is C11H10INO. The highest BCUT2D eigenvalue weighted by Gasteiger charge is 2.03. The van der Waals surface area contributed by atoms with E-state index < -0.39 is 0 Å². The van der Waals surface area contributed by atoms with Crippen LogP contribution in [0.15, 0.2) is 30.6 Å². The van der Waals surface area contributed by atoms with Gasteiger partial charge in [-0.05, 0) is 35.6 Å². The van der Waals surface area contributed by atoms with E-state index in [2.05, 4.69) is 33.6 Å². The maximum absolute atomic E-state index is 5.53. The SMILES string of the molecule is CCOc1cccc2c(I)cncc12. The summed E-state index contributed by atoms with van der Waals surface area (Å²) in [5.41, 5.74) is 0. The second kappa shape index (κ2) is 4.13. The van der Waals surface area contributed by atoms with Crippen LogP contribution < -0.4 is 4.74 Å². The van der Waals surface area contributed by atoms with Crippen LogP contribution in [-0.2, 0) is 0 Å². The van der Waals surface area contributed by atoms with E-state index in [9.17, 15) is 0 Å². The predicted molar refractivity (Wildman–Crippen MR) is 65.6 cm³/mol. The number of halogens is 1. The number of rotatable bonds is 2. The van der Waals surface area contributed by atoms with Crippen LogP contribution in [0, 0.1) is 3.57 Å². The molecule has 14 heavy (non-hydrogen) atoms. The standard InChI is InChI=1S/C11H10INO/c1-2-14-11-5-3-4-8-9(11)6-13-7-10(8)12/h3-7H,2H2,1H3. The molecule has 2 aromatic rings. The molecule has 3 heteroatoms. The Morgan fingerprint density at radius 2 is 2.14 bits per heavy atom. The summed E-state index contributed by atoms with van der Waals surface area (Å²) in [6.45, 7) is 2.67. The first kappa shape index (κ1) is 9.71. The van der Waals surface area contributed by atoms with Crippen molar-refractivity contribution in [3.8, 4) is 5.75 Å². The molecule has 0 bridgehead atoms. The maximum Gasteiger partial charge on any atom is 0.128 e. The van der Waals surface area contributed by atoms with Gasteiger partial charge in [0.2, 0.25) is 0 Å². The lowest BCUT2D eigenvalue weighted by atomic mass is 10.1. The predicted octanol–water partition coefficient (Wildman–Crippen LogP) is 3.24. The fourth-order valence-electron chi connectivity index (χ4n) is 1.41. The maximum atomic E-state index is 5.53. The Morgan fingerprint density at radius 1 is 1.29 bits per heavy atom. The molecule has 0 fully saturated rings. The molecule has 0 atom stereocenters. The van der Waals surface area contributed by atoms with Crippen molar-refractivity contribution < 1.29 is 4.74 Å². The third-order valence-electron chi connectivity index (χ3n) is 2.01. The molecule has 0 radical (unpaired) electrons. The van der Waals surface area contributed by atoms with E-state index in [0.29, 0.717) is 6.61 Å². The Balaban J connectivity index is 2.68. The van der Waals surface area contributed by atoms with E-state index in [-0.39, 0.29) is 0 Å². The number of fused-ring (bicyclic) bond motifs is 1. The molecule has 1 aromatic heterocycles. The Kier molecular flexibility index (Phi) is 2.86. The number of hydrogen-bond donors (Lipinski definition) is 0. The quantitative estimate of drug-likeness (QED) is 0.794. The topological polar surface area (TPSA) is 22.1 Å². The Hall–Kier alpha value is -0.840. The van der Waals surface area contributed by atoms with Gasteiger partial charge < -0.3 is 4.74 Å². The number of pyridine rings is 1. The van der Waals surface area contributed by atoms with Crippen LogP contribution in [0.3, 0.4) is 0 Å². The summed E-state index contributed by atoms with van der Waals surface area (Å²) in [6.07, 6.45) is 3.71. The molecule has 0 unspecified atom stereocenters. The van der Waals surface area contributed by atoms with Gasteiger partial charge in [-0.1, -0.05) is 12.1 Å². The molecule has 0 amide bonds. The normalized spacial score (nSPS) is 10.4. The summed E-state index contributed by atoms with van der Waals surface area (Å²) in [5.74, 6) is 0.913. The molecular weight excluding hydrogens is 289 g/mol. The van der Waals surface area contributed by atoms with Crippen LogP contribution in [0.1, 0.15) is 6.92 Å². The smallest absolute Gasteiger partial charge is 0.128 e. The first-order valence-electron chi connectivity index (χ1n) is 4.48. The minimum atomic E-state index is 0.685. The summed E-state index contributed by atoms with van der Waals surface area (Å²) in [4.78, 5) is 4.17. The van der Waals surface area contributed by atoms with Gasteiger partial charge in [0, 0.05) is 26.7 Å². The van der Waals surface area contributed by atoms with Crippen molar-refractivity contribution in [1.29, 1.82) is 0 Å².